The summed E-state index contributed by atoms with van der Waals surface area (Å²) < 4.78 is 1.72. The van der Waals surface area contributed by atoms with E-state index in [1.807, 2.05) is 0 Å². The summed E-state index contributed by atoms with van der Waals surface area (Å²) in [6, 6.07) is 0.408. The zero-order valence-electron chi connectivity index (χ0n) is 10.9. The molecule has 1 aromatic heterocycles. The average molecular weight is 251 g/mol. The highest BCUT2D eigenvalue weighted by atomic mass is 16.1. The smallest absolute Gasteiger partial charge is 0.221 e. The fraction of sp³-hybridized carbons (Fsp3) is 0.750. The molecule has 1 saturated heterocycles. The van der Waals surface area contributed by atoms with Crippen LogP contribution in [0.25, 0.3) is 0 Å². The normalized spacial score (nSPS) is 20.8. The number of nitrogens with zero attached hydrogens (tertiary/aromatic N) is 4. The predicted molar refractivity (Wildman–Crippen MR) is 67.9 cm³/mol. The van der Waals surface area contributed by atoms with E-state index in [0.717, 1.165) is 13.0 Å². The van der Waals surface area contributed by atoms with Crippen molar-refractivity contribution in [2.45, 2.75) is 38.3 Å². The summed E-state index contributed by atoms with van der Waals surface area (Å²) >= 11 is 0. The first-order valence-corrected chi connectivity index (χ1v) is 6.55. The van der Waals surface area contributed by atoms with Crippen molar-refractivity contribution in [3.63, 3.8) is 0 Å². The zero-order chi connectivity index (χ0) is 12.8. The molecule has 0 bridgehead atoms. The van der Waals surface area contributed by atoms with E-state index >= 15 is 0 Å². The summed E-state index contributed by atoms with van der Waals surface area (Å²) in [5.41, 5.74) is 0. The van der Waals surface area contributed by atoms with Crippen molar-refractivity contribution in [2.75, 3.05) is 20.1 Å². The van der Waals surface area contributed by atoms with Gasteiger partial charge in [0.25, 0.3) is 0 Å². The van der Waals surface area contributed by atoms with Crippen molar-refractivity contribution in [3.05, 3.63) is 12.7 Å². The highest BCUT2D eigenvalue weighted by Gasteiger charge is 2.21. The Hall–Kier alpha value is -1.43. The summed E-state index contributed by atoms with van der Waals surface area (Å²) in [5.74, 6) is 0.133. The van der Waals surface area contributed by atoms with Gasteiger partial charge < -0.3 is 10.2 Å². The van der Waals surface area contributed by atoms with Crippen LogP contribution < -0.4 is 5.32 Å². The van der Waals surface area contributed by atoms with E-state index in [1.165, 1.54) is 19.2 Å². The van der Waals surface area contributed by atoms with Crippen LogP contribution in [0.5, 0.6) is 0 Å². The Morgan fingerprint density at radius 1 is 1.50 bits per heavy atom. The minimum absolute atomic E-state index is 0.133. The number of hydrogen-bond acceptors (Lipinski definition) is 4. The quantitative estimate of drug-likeness (QED) is 0.816. The average Bonchev–Trinajstić information content (AvgIpc) is 2.85. The van der Waals surface area contributed by atoms with Crippen LogP contribution in [0.2, 0.25) is 0 Å². The molecule has 2 heterocycles. The second-order valence-corrected chi connectivity index (χ2v) is 4.84. The maximum Gasteiger partial charge on any atom is 0.221 e. The van der Waals surface area contributed by atoms with Gasteiger partial charge in [-0.25, -0.2) is 4.98 Å². The lowest BCUT2D eigenvalue weighted by Gasteiger charge is -2.31. The number of aromatic nitrogens is 3. The van der Waals surface area contributed by atoms with Gasteiger partial charge in [0.1, 0.15) is 12.7 Å². The highest BCUT2D eigenvalue weighted by Crippen LogP contribution is 2.17. The van der Waals surface area contributed by atoms with Gasteiger partial charge in [-0.1, -0.05) is 6.42 Å². The van der Waals surface area contributed by atoms with Crippen LogP contribution in [0.3, 0.4) is 0 Å². The maximum absolute atomic E-state index is 11.8. The minimum atomic E-state index is 0.133. The molecule has 1 aromatic rings. The summed E-state index contributed by atoms with van der Waals surface area (Å²) in [4.78, 5) is 18.0. The number of likely N-dealkylation sites (tertiary alicyclic amines) is 1. The first-order valence-electron chi connectivity index (χ1n) is 6.55. The van der Waals surface area contributed by atoms with Gasteiger partial charge in [0.05, 0.1) is 6.54 Å². The standard InChI is InChI=1S/C12H21N5O/c1-16-6-3-2-4-11(16)8-12(18)14-5-7-17-10-13-9-15-17/h9-11H,2-8H2,1H3,(H,14,18)/t11-/m1/s1. The molecule has 6 heteroatoms. The molecule has 1 amide bonds. The molecular weight excluding hydrogens is 230 g/mol. The van der Waals surface area contributed by atoms with Crippen LogP contribution >= 0.6 is 0 Å². The molecule has 1 atom stereocenters. The van der Waals surface area contributed by atoms with Crippen LogP contribution in [-0.2, 0) is 11.3 Å². The van der Waals surface area contributed by atoms with Gasteiger partial charge in [0, 0.05) is 19.0 Å². The third-order valence-electron chi connectivity index (χ3n) is 3.47. The van der Waals surface area contributed by atoms with Gasteiger partial charge in [0.2, 0.25) is 5.91 Å². The van der Waals surface area contributed by atoms with Crippen molar-refractivity contribution in [3.8, 4) is 0 Å². The second-order valence-electron chi connectivity index (χ2n) is 4.84. The summed E-state index contributed by atoms with van der Waals surface area (Å²) in [6.45, 7) is 2.39. The van der Waals surface area contributed by atoms with Crippen LogP contribution in [0.1, 0.15) is 25.7 Å². The monoisotopic (exact) mass is 251 g/mol. The zero-order valence-corrected chi connectivity index (χ0v) is 10.9. The fourth-order valence-electron chi connectivity index (χ4n) is 2.35. The van der Waals surface area contributed by atoms with Gasteiger partial charge in [-0.05, 0) is 26.4 Å². The third-order valence-corrected chi connectivity index (χ3v) is 3.47. The first-order chi connectivity index (χ1) is 8.75. The number of hydrogen-bond donors (Lipinski definition) is 1. The molecule has 1 N–H and O–H groups in total. The first kappa shape index (κ1) is 13.0. The van der Waals surface area contributed by atoms with Gasteiger partial charge in [-0.15, -0.1) is 0 Å². The Labute approximate surface area is 107 Å². The fourth-order valence-corrected chi connectivity index (χ4v) is 2.35. The van der Waals surface area contributed by atoms with E-state index in [-0.39, 0.29) is 5.91 Å². The molecule has 2 rings (SSSR count). The second kappa shape index (κ2) is 6.49. The van der Waals surface area contributed by atoms with Crippen LogP contribution in [0.15, 0.2) is 12.7 Å². The lowest BCUT2D eigenvalue weighted by molar-refractivity contribution is -0.122. The van der Waals surface area contributed by atoms with Crippen molar-refractivity contribution in [1.29, 1.82) is 0 Å². The van der Waals surface area contributed by atoms with E-state index in [9.17, 15) is 4.79 Å². The molecule has 6 nitrogen and oxygen atoms in total. The molecule has 1 fully saturated rings. The largest absolute Gasteiger partial charge is 0.354 e. The molecule has 0 radical (unpaired) electrons. The molecule has 18 heavy (non-hydrogen) atoms. The van der Waals surface area contributed by atoms with E-state index in [4.69, 9.17) is 0 Å². The summed E-state index contributed by atoms with van der Waals surface area (Å²) in [6.07, 6.45) is 7.38. The lowest BCUT2D eigenvalue weighted by atomic mass is 10.00. The molecule has 100 valence electrons. The third kappa shape index (κ3) is 3.80. The number of amides is 1. The number of carbonyl (C=O) groups is 1. The predicted octanol–water partition coefficient (Wildman–Crippen LogP) is 0.269. The maximum atomic E-state index is 11.8. The number of rotatable bonds is 5. The lowest BCUT2D eigenvalue weighted by Crippen LogP contribution is -2.40. The Bertz CT molecular complexity index is 365. The molecule has 0 aromatic carbocycles. The molecule has 0 aliphatic carbocycles. The van der Waals surface area contributed by atoms with Gasteiger partial charge in [-0.2, -0.15) is 5.10 Å². The summed E-state index contributed by atoms with van der Waals surface area (Å²) in [5, 5.41) is 6.92. The number of carbonyl (C=O) groups excluding carboxylic acids is 1. The molecule has 0 saturated carbocycles. The van der Waals surface area contributed by atoms with Gasteiger partial charge in [0.15, 0.2) is 0 Å². The van der Waals surface area contributed by atoms with E-state index in [0.29, 0.717) is 25.6 Å². The van der Waals surface area contributed by atoms with Crippen molar-refractivity contribution >= 4 is 5.91 Å². The topological polar surface area (TPSA) is 63.1 Å². The number of piperidine rings is 1. The Kier molecular flexibility index (Phi) is 4.69. The van der Waals surface area contributed by atoms with Crippen LogP contribution in [0.4, 0.5) is 0 Å². The SMILES string of the molecule is CN1CCCC[C@@H]1CC(=O)NCCn1cncn1. The minimum Gasteiger partial charge on any atom is -0.354 e. The Morgan fingerprint density at radius 3 is 3.11 bits per heavy atom. The van der Waals surface area contributed by atoms with Crippen molar-refractivity contribution in [2.24, 2.45) is 0 Å². The van der Waals surface area contributed by atoms with Gasteiger partial charge in [-0.3, -0.25) is 9.48 Å². The number of nitrogens with one attached hydrogen (secondary N) is 1. The van der Waals surface area contributed by atoms with Crippen molar-refractivity contribution in [1.82, 2.24) is 25.0 Å². The molecule has 1 aliphatic heterocycles. The van der Waals surface area contributed by atoms with Gasteiger partial charge >= 0.3 is 0 Å². The molecular formula is C12H21N5O. The summed E-state index contributed by atoms with van der Waals surface area (Å²) in [7, 11) is 2.10. The van der Waals surface area contributed by atoms with E-state index in [2.05, 4.69) is 27.3 Å². The van der Waals surface area contributed by atoms with E-state index in [1.54, 1.807) is 11.0 Å². The Balaban J connectivity index is 1.65. The Morgan fingerprint density at radius 2 is 2.39 bits per heavy atom. The van der Waals surface area contributed by atoms with E-state index < -0.39 is 0 Å². The highest BCUT2D eigenvalue weighted by molar-refractivity contribution is 5.76. The molecule has 1 aliphatic rings. The van der Waals surface area contributed by atoms with Crippen LogP contribution in [0, 0.1) is 0 Å². The molecule has 0 unspecified atom stereocenters. The molecule has 0 spiro atoms. The van der Waals surface area contributed by atoms with Crippen molar-refractivity contribution < 1.29 is 4.79 Å². The van der Waals surface area contributed by atoms with Crippen LogP contribution in [-0.4, -0.2) is 51.8 Å².